The van der Waals surface area contributed by atoms with Crippen molar-refractivity contribution in [1.82, 2.24) is 19.5 Å². The van der Waals surface area contributed by atoms with Crippen LogP contribution in [0.3, 0.4) is 0 Å². The Morgan fingerprint density at radius 1 is 0.759 bits per heavy atom. The third-order valence-corrected chi connectivity index (χ3v) is 12.5. The van der Waals surface area contributed by atoms with Crippen LogP contribution in [0.25, 0.3) is 61.3 Å². The molecule has 0 N–H and O–H groups in total. The maximum atomic E-state index is 6.07. The van der Waals surface area contributed by atoms with Gasteiger partial charge in [-0.15, -0.1) is 54.1 Å². The molecule has 0 saturated carbocycles. The number of furan rings is 1. The summed E-state index contributed by atoms with van der Waals surface area (Å²) in [6.45, 7) is 18.1. The Morgan fingerprint density at radius 2 is 1.48 bits per heavy atom. The molecule has 8 aromatic rings. The number of aromatic nitrogens is 4. The van der Waals surface area contributed by atoms with Crippen LogP contribution in [0.1, 0.15) is 69.2 Å². The van der Waals surface area contributed by atoms with Crippen molar-refractivity contribution >= 4 is 46.2 Å². The second kappa shape index (κ2) is 16.4. The van der Waals surface area contributed by atoms with Crippen LogP contribution in [-0.2, 0) is 20.1 Å². The van der Waals surface area contributed by atoms with Crippen molar-refractivity contribution in [2.24, 2.45) is 0 Å². The predicted octanol–water partition coefficient (Wildman–Crippen LogP) is 12.2. The summed E-state index contributed by atoms with van der Waals surface area (Å²) in [7, 11) is -1.35. The molecule has 0 amide bonds. The minimum Gasteiger partial charge on any atom is -0.499 e. The van der Waals surface area contributed by atoms with E-state index in [1.54, 1.807) is 6.20 Å². The number of fused-ring (bicyclic) bond motifs is 4. The van der Waals surface area contributed by atoms with Crippen molar-refractivity contribution < 1.29 is 24.5 Å². The van der Waals surface area contributed by atoms with Crippen LogP contribution in [0.5, 0.6) is 0 Å². The van der Waals surface area contributed by atoms with E-state index in [4.69, 9.17) is 9.40 Å². The number of rotatable bonds is 8. The Labute approximate surface area is 334 Å². The summed E-state index contributed by atoms with van der Waals surface area (Å²) in [4.78, 5) is 14.1. The summed E-state index contributed by atoms with van der Waals surface area (Å²) in [6, 6.07) is 40.4. The molecule has 0 bridgehead atoms. The second-order valence-electron chi connectivity index (χ2n) is 15.1. The number of hydrogen-bond donors (Lipinski definition) is 0. The van der Waals surface area contributed by atoms with Gasteiger partial charge in [0.2, 0.25) is 0 Å². The molecule has 0 aliphatic heterocycles. The average Bonchev–Trinajstić information content (AvgIpc) is 3.76. The summed E-state index contributed by atoms with van der Waals surface area (Å²) in [5.74, 6) is 1.91. The molecule has 4 aromatic carbocycles. The molecule has 8 rings (SSSR count). The molecule has 7 heteroatoms. The first-order valence-electron chi connectivity index (χ1n) is 18.8. The SMILES string of the molecule is CCC(C)c1cccc(C(C)CC)c1-n1c(-c2[c-]cccc2)nc2ccccc21.Cc1cc2c(cn1)oc1c(-c3ccc([Si](C)(C)C)cn3)[c-]ccc12.[Ir]. The van der Waals surface area contributed by atoms with Gasteiger partial charge in [-0.2, -0.15) is 0 Å². The second-order valence-corrected chi connectivity index (χ2v) is 20.2. The van der Waals surface area contributed by atoms with Gasteiger partial charge in [0.05, 0.1) is 36.7 Å². The van der Waals surface area contributed by atoms with Crippen molar-refractivity contribution in [3.8, 4) is 28.3 Å². The fourth-order valence-corrected chi connectivity index (χ4v) is 8.00. The van der Waals surface area contributed by atoms with E-state index in [0.29, 0.717) is 11.8 Å². The average molecular weight is 905 g/mol. The third kappa shape index (κ3) is 7.63. The molecule has 0 aliphatic rings. The minimum atomic E-state index is -1.35. The van der Waals surface area contributed by atoms with Gasteiger partial charge in [0, 0.05) is 43.1 Å². The van der Waals surface area contributed by atoms with Gasteiger partial charge in [-0.05, 0) is 71.8 Å². The maximum absolute atomic E-state index is 6.07. The van der Waals surface area contributed by atoms with Crippen LogP contribution in [0.4, 0.5) is 0 Å². The molecule has 0 aliphatic carbocycles. The van der Waals surface area contributed by atoms with E-state index >= 15 is 0 Å². The Balaban J connectivity index is 0.000000184. The topological polar surface area (TPSA) is 56.7 Å². The predicted molar refractivity (Wildman–Crippen MR) is 224 cm³/mol. The van der Waals surface area contributed by atoms with Crippen LogP contribution in [-0.4, -0.2) is 27.6 Å². The zero-order valence-corrected chi connectivity index (χ0v) is 35.9. The van der Waals surface area contributed by atoms with E-state index < -0.39 is 8.07 Å². The quantitative estimate of drug-likeness (QED) is 0.113. The number of aryl methyl sites for hydroxylation is 1. The molecule has 1 radical (unpaired) electrons. The summed E-state index contributed by atoms with van der Waals surface area (Å²) in [5.41, 5.74) is 11.7. The Morgan fingerprint density at radius 3 is 2.13 bits per heavy atom. The number of imidazole rings is 1. The fraction of sp³-hybridized carbons (Fsp3) is 0.255. The molecule has 54 heavy (non-hydrogen) atoms. The largest absolute Gasteiger partial charge is 0.499 e. The number of para-hydroxylation sites is 3. The van der Waals surface area contributed by atoms with Crippen LogP contribution in [0, 0.1) is 19.1 Å². The van der Waals surface area contributed by atoms with E-state index in [1.165, 1.54) is 22.0 Å². The number of pyridine rings is 2. The summed E-state index contributed by atoms with van der Waals surface area (Å²) < 4.78 is 8.44. The first-order chi connectivity index (χ1) is 25.6. The number of benzene rings is 4. The number of nitrogens with zero attached hydrogens (tertiary/aromatic N) is 4. The van der Waals surface area contributed by atoms with Crippen LogP contribution >= 0.6 is 0 Å². The zero-order chi connectivity index (χ0) is 37.3. The molecule has 0 spiro atoms. The van der Waals surface area contributed by atoms with E-state index in [0.717, 1.165) is 74.2 Å². The van der Waals surface area contributed by atoms with Gasteiger partial charge in [-0.3, -0.25) is 9.97 Å². The number of hydrogen-bond acceptors (Lipinski definition) is 4. The zero-order valence-electron chi connectivity index (χ0n) is 32.5. The van der Waals surface area contributed by atoms with E-state index in [-0.39, 0.29) is 20.1 Å². The monoisotopic (exact) mass is 905 g/mol. The minimum absolute atomic E-state index is 0. The van der Waals surface area contributed by atoms with Crippen molar-refractivity contribution in [2.45, 2.75) is 78.9 Å². The van der Waals surface area contributed by atoms with Gasteiger partial charge in [-0.1, -0.05) is 101 Å². The molecule has 4 aromatic heterocycles. The van der Waals surface area contributed by atoms with Crippen molar-refractivity contribution in [3.63, 3.8) is 0 Å². The molecule has 0 saturated heterocycles. The smallest absolute Gasteiger partial charge is 0.139 e. The maximum Gasteiger partial charge on any atom is 0.139 e. The van der Waals surface area contributed by atoms with Gasteiger partial charge in [-0.25, -0.2) is 0 Å². The molecule has 277 valence electrons. The van der Waals surface area contributed by atoms with E-state index in [2.05, 4.69) is 147 Å². The van der Waals surface area contributed by atoms with E-state index in [1.807, 2.05) is 37.4 Å². The first-order valence-corrected chi connectivity index (χ1v) is 22.3. The fourth-order valence-electron chi connectivity index (χ4n) is 6.97. The van der Waals surface area contributed by atoms with Gasteiger partial charge in [0.25, 0.3) is 0 Å². The molecular weight excluding hydrogens is 857 g/mol. The Kier molecular flexibility index (Phi) is 11.8. The van der Waals surface area contributed by atoms with Gasteiger partial charge in [0.1, 0.15) is 5.58 Å². The van der Waals surface area contributed by atoms with Crippen LogP contribution in [0.2, 0.25) is 19.6 Å². The van der Waals surface area contributed by atoms with Crippen molar-refractivity contribution in [2.75, 3.05) is 0 Å². The van der Waals surface area contributed by atoms with Gasteiger partial charge >= 0.3 is 0 Å². The molecule has 0 fully saturated rings. The molecule has 4 heterocycles. The molecule has 2 unspecified atom stereocenters. The molecule has 5 nitrogen and oxygen atoms in total. The molecule has 2 atom stereocenters. The van der Waals surface area contributed by atoms with Crippen molar-refractivity contribution in [1.29, 1.82) is 0 Å². The normalized spacial score (nSPS) is 12.7. The summed E-state index contributed by atoms with van der Waals surface area (Å²) >= 11 is 0. The van der Waals surface area contributed by atoms with Crippen LogP contribution < -0.4 is 5.19 Å². The van der Waals surface area contributed by atoms with Crippen molar-refractivity contribution in [3.05, 3.63) is 138 Å². The standard InChI is InChI=1S/C27H29N2.C20H19N2OSi.Ir/c1-5-19(3)22-15-12-16-23(20(4)6-2)26(22)29-25-18-11-10-17-24(25)28-27(29)21-13-8-7-9-14-21;1-13-10-17-15-6-5-7-16(20(15)23-19(17)12-21-13)18-9-8-14(11-22-18)24(2,3)4;/h7-13,15-20H,5-6H2,1-4H3;5-6,8-12H,1-4H3;/q2*-1;. The Hall–Kier alpha value is -4.68. The molecular formula is C47H48IrN4OSi-2. The van der Waals surface area contributed by atoms with E-state index in [9.17, 15) is 0 Å². The summed E-state index contributed by atoms with van der Waals surface area (Å²) in [6.07, 6.45) is 6.01. The van der Waals surface area contributed by atoms with Crippen LogP contribution in [0.15, 0.2) is 114 Å². The third-order valence-electron chi connectivity index (χ3n) is 10.5. The van der Waals surface area contributed by atoms with Gasteiger partial charge < -0.3 is 14.0 Å². The van der Waals surface area contributed by atoms with Gasteiger partial charge in [0.15, 0.2) is 0 Å². The summed E-state index contributed by atoms with van der Waals surface area (Å²) in [5, 5.41) is 3.52. The first kappa shape index (κ1) is 39.0. The Bertz CT molecular complexity index is 2490.